The summed E-state index contributed by atoms with van der Waals surface area (Å²) in [6.45, 7) is 9.64. The Balaban J connectivity index is 1.52. The number of carbonyl (C=O) groups is 1. The molecule has 1 saturated heterocycles. The quantitative estimate of drug-likeness (QED) is 0.620. The summed E-state index contributed by atoms with van der Waals surface area (Å²) in [5.41, 5.74) is 3.96. The fourth-order valence-electron chi connectivity index (χ4n) is 3.70. The van der Waals surface area contributed by atoms with Crippen molar-refractivity contribution in [2.24, 2.45) is 7.05 Å². The molecule has 1 fully saturated rings. The highest BCUT2D eigenvalue weighted by Gasteiger charge is 2.27. The topological polar surface area (TPSA) is 71.3 Å². The van der Waals surface area contributed by atoms with Crippen LogP contribution in [0.5, 0.6) is 0 Å². The lowest BCUT2D eigenvalue weighted by Crippen LogP contribution is -2.48. The molecule has 4 heterocycles. The molecule has 3 aromatic heterocycles. The second kappa shape index (κ2) is 8.41. The van der Waals surface area contributed by atoms with Crippen LogP contribution in [0.4, 0.5) is 0 Å². The summed E-state index contributed by atoms with van der Waals surface area (Å²) < 4.78 is 1.34. The predicted octanol–water partition coefficient (Wildman–Crippen LogP) is 2.85. The van der Waals surface area contributed by atoms with Gasteiger partial charge >= 0.3 is 0 Å². The van der Waals surface area contributed by atoms with Crippen molar-refractivity contribution < 1.29 is 4.79 Å². The number of piperazine rings is 1. The van der Waals surface area contributed by atoms with E-state index in [2.05, 4.69) is 31.8 Å². The van der Waals surface area contributed by atoms with E-state index < -0.39 is 0 Å². The van der Waals surface area contributed by atoms with Gasteiger partial charge in [0.15, 0.2) is 0 Å². The molecule has 0 spiro atoms. The van der Waals surface area contributed by atoms with Gasteiger partial charge in [-0.15, -0.1) is 11.3 Å². The highest BCUT2D eigenvalue weighted by atomic mass is 32.1. The molecule has 0 bridgehead atoms. The number of rotatable bonds is 4. The minimum absolute atomic E-state index is 0.00619. The number of hydrogen-bond donors (Lipinski definition) is 0. The van der Waals surface area contributed by atoms with E-state index in [4.69, 9.17) is 0 Å². The molecule has 0 saturated carbocycles. The van der Waals surface area contributed by atoms with E-state index >= 15 is 0 Å². The molecule has 158 valence electrons. The number of hydrogen-bond acceptors (Lipinski definition) is 7. The van der Waals surface area contributed by atoms with Crippen molar-refractivity contribution in [1.29, 1.82) is 0 Å². The van der Waals surface area contributed by atoms with Crippen LogP contribution in [0.3, 0.4) is 0 Å². The van der Waals surface area contributed by atoms with Crippen LogP contribution in [0.2, 0.25) is 0 Å². The Morgan fingerprint density at radius 1 is 1.13 bits per heavy atom. The zero-order valence-electron chi connectivity index (χ0n) is 17.6. The van der Waals surface area contributed by atoms with Crippen LogP contribution in [-0.2, 0) is 13.6 Å². The standard InChI is InChI=1S/C21H25N5O2S2/c1-13-14(2)23-24(4)20(27)17(13)19-22-15(3)18(30-19)21(28)26-8-6-25(7-9-26)11-16-5-10-29-12-16/h5,10,12H,6-9,11H2,1-4H3. The van der Waals surface area contributed by atoms with Crippen LogP contribution >= 0.6 is 22.7 Å². The SMILES string of the molecule is Cc1nc(-c2c(C)c(C)nn(C)c2=O)sc1C(=O)N1CCN(Cc2ccsc2)CC1. The summed E-state index contributed by atoms with van der Waals surface area (Å²) in [6, 6.07) is 2.15. The first-order valence-corrected chi connectivity index (χ1v) is 11.7. The van der Waals surface area contributed by atoms with E-state index in [1.165, 1.54) is 21.6 Å². The first-order chi connectivity index (χ1) is 14.3. The molecule has 4 rings (SSSR count). The minimum Gasteiger partial charge on any atom is -0.335 e. The predicted molar refractivity (Wildman–Crippen MR) is 120 cm³/mol. The fraction of sp³-hybridized carbons (Fsp3) is 0.429. The number of thiophene rings is 1. The number of carbonyl (C=O) groups excluding carboxylic acids is 1. The second-order valence-corrected chi connectivity index (χ2v) is 9.43. The van der Waals surface area contributed by atoms with Crippen molar-refractivity contribution >= 4 is 28.6 Å². The van der Waals surface area contributed by atoms with E-state index in [-0.39, 0.29) is 11.5 Å². The molecule has 0 aromatic carbocycles. The number of thiazole rings is 1. The van der Waals surface area contributed by atoms with Crippen LogP contribution in [-0.4, -0.2) is 56.7 Å². The van der Waals surface area contributed by atoms with Gasteiger partial charge in [-0.2, -0.15) is 16.4 Å². The van der Waals surface area contributed by atoms with Gasteiger partial charge in [-0.05, 0) is 48.7 Å². The molecule has 0 radical (unpaired) electrons. The van der Waals surface area contributed by atoms with Crippen molar-refractivity contribution in [1.82, 2.24) is 24.6 Å². The molecule has 0 unspecified atom stereocenters. The Labute approximate surface area is 183 Å². The third-order valence-corrected chi connectivity index (χ3v) is 7.47. The van der Waals surface area contributed by atoms with Gasteiger partial charge in [-0.3, -0.25) is 14.5 Å². The molecule has 9 heteroatoms. The van der Waals surface area contributed by atoms with Crippen molar-refractivity contribution in [3.63, 3.8) is 0 Å². The van der Waals surface area contributed by atoms with E-state index in [1.807, 2.05) is 25.7 Å². The van der Waals surface area contributed by atoms with E-state index in [1.54, 1.807) is 18.4 Å². The smallest absolute Gasteiger partial charge is 0.277 e. The molecule has 1 amide bonds. The van der Waals surface area contributed by atoms with Crippen molar-refractivity contribution in [2.45, 2.75) is 27.3 Å². The summed E-state index contributed by atoms with van der Waals surface area (Å²) in [5.74, 6) is 0.00619. The Morgan fingerprint density at radius 2 is 1.87 bits per heavy atom. The maximum absolute atomic E-state index is 13.2. The summed E-state index contributed by atoms with van der Waals surface area (Å²) in [6.07, 6.45) is 0. The second-order valence-electron chi connectivity index (χ2n) is 7.65. The van der Waals surface area contributed by atoms with Crippen LogP contribution in [0.15, 0.2) is 21.6 Å². The van der Waals surface area contributed by atoms with E-state index in [9.17, 15) is 9.59 Å². The van der Waals surface area contributed by atoms with Crippen LogP contribution in [0.1, 0.15) is 32.2 Å². The van der Waals surface area contributed by atoms with Gasteiger partial charge in [0.05, 0.1) is 17.0 Å². The van der Waals surface area contributed by atoms with Gasteiger partial charge in [0.25, 0.3) is 11.5 Å². The molecular weight excluding hydrogens is 418 g/mol. The minimum atomic E-state index is -0.187. The first kappa shape index (κ1) is 20.9. The molecule has 0 aliphatic carbocycles. The third kappa shape index (κ3) is 3.97. The Bertz CT molecular complexity index is 1130. The molecule has 0 atom stereocenters. The molecule has 1 aliphatic heterocycles. The number of aromatic nitrogens is 3. The largest absolute Gasteiger partial charge is 0.335 e. The lowest BCUT2D eigenvalue weighted by molar-refractivity contribution is 0.0632. The van der Waals surface area contributed by atoms with Crippen molar-refractivity contribution in [3.8, 4) is 10.6 Å². The summed E-state index contributed by atoms with van der Waals surface area (Å²) in [4.78, 5) is 35.3. The fourth-order valence-corrected chi connectivity index (χ4v) is 5.48. The highest BCUT2D eigenvalue weighted by molar-refractivity contribution is 7.17. The first-order valence-electron chi connectivity index (χ1n) is 9.90. The Morgan fingerprint density at radius 3 is 2.53 bits per heavy atom. The highest BCUT2D eigenvalue weighted by Crippen LogP contribution is 2.29. The average Bonchev–Trinajstić information content (AvgIpc) is 3.36. The van der Waals surface area contributed by atoms with Gasteiger partial charge in [0.1, 0.15) is 9.88 Å². The molecule has 0 N–H and O–H groups in total. The average molecular weight is 444 g/mol. The summed E-state index contributed by atoms with van der Waals surface area (Å²) in [7, 11) is 1.64. The summed E-state index contributed by atoms with van der Waals surface area (Å²) >= 11 is 3.02. The normalized spacial score (nSPS) is 15.0. The Kier molecular flexibility index (Phi) is 5.86. The van der Waals surface area contributed by atoms with E-state index in [0.29, 0.717) is 34.2 Å². The molecule has 7 nitrogen and oxygen atoms in total. The molecule has 30 heavy (non-hydrogen) atoms. The Hall–Kier alpha value is -2.36. The zero-order chi connectivity index (χ0) is 21.4. The number of nitrogens with zero attached hydrogens (tertiary/aromatic N) is 5. The lowest BCUT2D eigenvalue weighted by atomic mass is 10.1. The zero-order valence-corrected chi connectivity index (χ0v) is 19.3. The molecule has 3 aromatic rings. The molecular formula is C21H25N5O2S2. The van der Waals surface area contributed by atoms with Crippen molar-refractivity contribution in [3.05, 3.63) is 54.6 Å². The van der Waals surface area contributed by atoms with Gasteiger partial charge in [-0.1, -0.05) is 0 Å². The van der Waals surface area contributed by atoms with Gasteiger partial charge in [0.2, 0.25) is 0 Å². The molecule has 1 aliphatic rings. The van der Waals surface area contributed by atoms with Gasteiger partial charge in [0, 0.05) is 39.8 Å². The van der Waals surface area contributed by atoms with Crippen LogP contribution in [0, 0.1) is 20.8 Å². The van der Waals surface area contributed by atoms with Gasteiger partial charge < -0.3 is 4.90 Å². The lowest BCUT2D eigenvalue weighted by Gasteiger charge is -2.34. The maximum Gasteiger partial charge on any atom is 0.277 e. The summed E-state index contributed by atoms with van der Waals surface area (Å²) in [5, 5.41) is 9.09. The van der Waals surface area contributed by atoms with Crippen molar-refractivity contribution in [2.75, 3.05) is 26.2 Å². The monoisotopic (exact) mass is 443 g/mol. The third-order valence-electron chi connectivity index (χ3n) is 5.58. The number of amides is 1. The van der Waals surface area contributed by atoms with Gasteiger partial charge in [-0.25, -0.2) is 9.67 Å². The maximum atomic E-state index is 13.2. The number of aryl methyl sites for hydroxylation is 3. The van der Waals surface area contributed by atoms with Crippen LogP contribution < -0.4 is 5.56 Å². The van der Waals surface area contributed by atoms with E-state index in [0.717, 1.165) is 30.9 Å². The van der Waals surface area contributed by atoms with Crippen LogP contribution in [0.25, 0.3) is 10.6 Å².